The predicted octanol–water partition coefficient (Wildman–Crippen LogP) is 3.11. The van der Waals surface area contributed by atoms with Crippen LogP contribution in [-0.4, -0.2) is 16.0 Å². The molecule has 2 aromatic heterocycles. The highest BCUT2D eigenvalue weighted by atomic mass is 32.1. The third-order valence-electron chi connectivity index (χ3n) is 2.63. The topological polar surface area (TPSA) is 66.9 Å². The average molecular weight is 296 g/mol. The molecule has 0 spiro atoms. The lowest BCUT2D eigenvalue weighted by molar-refractivity contribution is 0.233. The zero-order chi connectivity index (χ0) is 13.7. The van der Waals surface area contributed by atoms with Crippen molar-refractivity contribution in [2.45, 2.75) is 32.4 Å². The fourth-order valence-corrected chi connectivity index (χ4v) is 3.07. The van der Waals surface area contributed by atoms with Crippen LogP contribution < -0.4 is 10.6 Å². The summed E-state index contributed by atoms with van der Waals surface area (Å²) in [5.74, 6) is 0. The van der Waals surface area contributed by atoms with Crippen LogP contribution in [0.4, 0.5) is 4.79 Å². The molecule has 0 aromatic carbocycles. The van der Waals surface area contributed by atoms with Crippen molar-refractivity contribution in [1.82, 2.24) is 20.6 Å². The molecule has 0 aliphatic heterocycles. The van der Waals surface area contributed by atoms with Crippen LogP contribution in [-0.2, 0) is 0 Å². The van der Waals surface area contributed by atoms with Crippen LogP contribution in [0.2, 0.25) is 0 Å². The summed E-state index contributed by atoms with van der Waals surface area (Å²) in [5, 5.41) is 11.5. The molecule has 0 unspecified atom stereocenters. The van der Waals surface area contributed by atoms with Crippen LogP contribution in [0.1, 0.15) is 42.4 Å². The average Bonchev–Trinajstić information content (AvgIpc) is 3.07. The maximum Gasteiger partial charge on any atom is 0.315 e. The molecule has 2 N–H and O–H groups in total. The van der Waals surface area contributed by atoms with E-state index in [4.69, 9.17) is 0 Å². The fraction of sp³-hybridized carbons (Fsp3) is 0.417. The first kappa shape index (κ1) is 14.0. The summed E-state index contributed by atoms with van der Waals surface area (Å²) < 4.78 is 0. The Kier molecular flexibility index (Phi) is 4.86. The lowest BCUT2D eigenvalue weighted by Crippen LogP contribution is -2.39. The van der Waals surface area contributed by atoms with E-state index < -0.39 is 0 Å². The minimum atomic E-state index is -0.190. The molecule has 0 saturated heterocycles. The Morgan fingerprint density at radius 2 is 1.84 bits per heavy atom. The molecule has 2 heterocycles. The molecule has 0 aliphatic carbocycles. The molecule has 7 heteroatoms. The smallest absolute Gasteiger partial charge is 0.315 e. The lowest BCUT2D eigenvalue weighted by Gasteiger charge is -2.17. The molecular weight excluding hydrogens is 280 g/mol. The van der Waals surface area contributed by atoms with Gasteiger partial charge in [0, 0.05) is 23.2 Å². The summed E-state index contributed by atoms with van der Waals surface area (Å²) in [4.78, 5) is 20.4. The minimum Gasteiger partial charge on any atom is -0.329 e. The van der Waals surface area contributed by atoms with E-state index in [2.05, 4.69) is 20.6 Å². The van der Waals surface area contributed by atoms with Gasteiger partial charge in [-0.3, -0.25) is 0 Å². The fourth-order valence-electron chi connectivity index (χ4n) is 1.65. The number of rotatable bonds is 5. The summed E-state index contributed by atoms with van der Waals surface area (Å²) in [5.41, 5.74) is 0. The molecule has 0 saturated carbocycles. The Bertz CT molecular complexity index is 498. The highest BCUT2D eigenvalue weighted by molar-refractivity contribution is 7.09. The van der Waals surface area contributed by atoms with Crippen molar-refractivity contribution >= 4 is 28.7 Å². The zero-order valence-corrected chi connectivity index (χ0v) is 12.4. The number of carbonyl (C=O) groups is 1. The number of amides is 2. The monoisotopic (exact) mass is 296 g/mol. The van der Waals surface area contributed by atoms with Crippen molar-refractivity contribution in [3.63, 3.8) is 0 Å². The predicted molar refractivity (Wildman–Crippen MR) is 77.3 cm³/mol. The van der Waals surface area contributed by atoms with Gasteiger partial charge in [0.25, 0.3) is 0 Å². The number of carbonyl (C=O) groups excluding carboxylic acids is 1. The van der Waals surface area contributed by atoms with E-state index in [1.165, 1.54) is 11.3 Å². The summed E-state index contributed by atoms with van der Waals surface area (Å²) in [6, 6.07) is -0.318. The Morgan fingerprint density at radius 1 is 1.21 bits per heavy atom. The molecular formula is C12H16N4OS2. The van der Waals surface area contributed by atoms with Gasteiger partial charge in [-0.2, -0.15) is 0 Å². The highest BCUT2D eigenvalue weighted by Gasteiger charge is 2.17. The van der Waals surface area contributed by atoms with Gasteiger partial charge in [-0.05, 0) is 13.3 Å². The van der Waals surface area contributed by atoms with E-state index in [9.17, 15) is 4.79 Å². The third-order valence-corrected chi connectivity index (χ3v) is 4.48. The van der Waals surface area contributed by atoms with Crippen LogP contribution in [0.15, 0.2) is 23.2 Å². The van der Waals surface area contributed by atoms with Gasteiger partial charge in [0.2, 0.25) is 0 Å². The van der Waals surface area contributed by atoms with Gasteiger partial charge in [0.05, 0.1) is 12.1 Å². The van der Waals surface area contributed by atoms with Crippen molar-refractivity contribution in [2.24, 2.45) is 0 Å². The molecule has 2 amide bonds. The first-order valence-corrected chi connectivity index (χ1v) is 7.82. The van der Waals surface area contributed by atoms with E-state index in [0.717, 1.165) is 16.4 Å². The standard InChI is InChI=1S/C12H16N4OS2/c1-3-9(11-14-5-7-19-11)16-12(17)15-8(2)10-13-4-6-18-10/h4-9H,3H2,1-2H3,(H2,15,16,17)/t8-,9-/m0/s1. The third kappa shape index (κ3) is 3.74. The second-order valence-corrected chi connectivity index (χ2v) is 5.89. The lowest BCUT2D eigenvalue weighted by atomic mass is 10.2. The largest absolute Gasteiger partial charge is 0.329 e. The first-order valence-electron chi connectivity index (χ1n) is 6.06. The van der Waals surface area contributed by atoms with Gasteiger partial charge < -0.3 is 10.6 Å². The van der Waals surface area contributed by atoms with Gasteiger partial charge >= 0.3 is 6.03 Å². The molecule has 2 rings (SSSR count). The van der Waals surface area contributed by atoms with Crippen molar-refractivity contribution in [1.29, 1.82) is 0 Å². The van der Waals surface area contributed by atoms with Crippen LogP contribution in [0.3, 0.4) is 0 Å². The normalized spacial score (nSPS) is 13.8. The SMILES string of the molecule is CC[C@H](NC(=O)N[C@@H](C)c1nccs1)c1nccs1. The Morgan fingerprint density at radius 3 is 2.37 bits per heavy atom. The van der Waals surface area contributed by atoms with Gasteiger partial charge in [0.15, 0.2) is 0 Å². The molecule has 0 radical (unpaired) electrons. The van der Waals surface area contributed by atoms with E-state index in [1.54, 1.807) is 23.7 Å². The van der Waals surface area contributed by atoms with Crippen molar-refractivity contribution in [3.05, 3.63) is 33.2 Å². The number of hydrogen-bond acceptors (Lipinski definition) is 5. The second kappa shape index (κ2) is 6.63. The Hall–Kier alpha value is -1.47. The molecule has 2 atom stereocenters. The number of urea groups is 1. The van der Waals surface area contributed by atoms with Crippen molar-refractivity contribution < 1.29 is 4.79 Å². The molecule has 0 aliphatic rings. The van der Waals surface area contributed by atoms with Crippen LogP contribution in [0.25, 0.3) is 0 Å². The Balaban J connectivity index is 1.90. The maximum atomic E-state index is 11.9. The first-order chi connectivity index (χ1) is 9.20. The quantitative estimate of drug-likeness (QED) is 0.891. The van der Waals surface area contributed by atoms with E-state index in [0.29, 0.717) is 0 Å². The number of aromatic nitrogens is 2. The summed E-state index contributed by atoms with van der Waals surface area (Å²) in [6.45, 7) is 3.94. The van der Waals surface area contributed by atoms with Crippen LogP contribution in [0, 0.1) is 0 Å². The van der Waals surface area contributed by atoms with Gasteiger partial charge in [0.1, 0.15) is 10.0 Å². The van der Waals surface area contributed by atoms with Crippen LogP contribution in [0.5, 0.6) is 0 Å². The molecule has 0 fully saturated rings. The second-order valence-electron chi connectivity index (χ2n) is 4.04. The van der Waals surface area contributed by atoms with Gasteiger partial charge in [-0.15, -0.1) is 22.7 Å². The summed E-state index contributed by atoms with van der Waals surface area (Å²) in [7, 11) is 0. The minimum absolute atomic E-state index is 0.0384. The van der Waals surface area contributed by atoms with Crippen molar-refractivity contribution in [2.75, 3.05) is 0 Å². The number of thiazole rings is 2. The summed E-state index contributed by atoms with van der Waals surface area (Å²) >= 11 is 3.08. The van der Waals surface area contributed by atoms with Gasteiger partial charge in [-0.25, -0.2) is 14.8 Å². The Labute approximate surface area is 120 Å². The highest BCUT2D eigenvalue weighted by Crippen LogP contribution is 2.19. The van der Waals surface area contributed by atoms with Crippen molar-refractivity contribution in [3.8, 4) is 0 Å². The molecule has 0 bridgehead atoms. The molecule has 102 valence electrons. The zero-order valence-electron chi connectivity index (χ0n) is 10.8. The number of nitrogens with one attached hydrogen (secondary N) is 2. The summed E-state index contributed by atoms with van der Waals surface area (Å²) in [6.07, 6.45) is 4.30. The molecule has 5 nitrogen and oxygen atoms in total. The van der Waals surface area contributed by atoms with Gasteiger partial charge in [-0.1, -0.05) is 6.92 Å². The van der Waals surface area contributed by atoms with E-state index in [1.807, 2.05) is 24.6 Å². The number of nitrogens with zero attached hydrogens (tertiary/aromatic N) is 2. The van der Waals surface area contributed by atoms with E-state index in [-0.39, 0.29) is 18.1 Å². The van der Waals surface area contributed by atoms with Crippen LogP contribution >= 0.6 is 22.7 Å². The molecule has 2 aromatic rings. The van der Waals surface area contributed by atoms with E-state index >= 15 is 0 Å². The molecule has 19 heavy (non-hydrogen) atoms. The number of hydrogen-bond donors (Lipinski definition) is 2. The maximum absolute atomic E-state index is 11.9.